The Labute approximate surface area is 121 Å². The van der Waals surface area contributed by atoms with E-state index in [2.05, 4.69) is 20.2 Å². The minimum atomic E-state index is -0.457. The Hall–Kier alpha value is -2.70. The van der Waals surface area contributed by atoms with E-state index in [1.165, 1.54) is 31.2 Å². The molecule has 0 spiro atoms. The Balaban J connectivity index is 1.77. The average Bonchev–Trinajstić information content (AvgIpc) is 3.03. The van der Waals surface area contributed by atoms with Gasteiger partial charge in [0.25, 0.3) is 0 Å². The fraction of sp³-hybridized carbons (Fsp3) is 0.286. The van der Waals surface area contributed by atoms with Gasteiger partial charge in [-0.05, 0) is 31.0 Å². The summed E-state index contributed by atoms with van der Waals surface area (Å²) in [4.78, 5) is 21.1. The smallest absolute Gasteiger partial charge is 0.311 e. The van der Waals surface area contributed by atoms with Crippen LogP contribution in [0.2, 0.25) is 0 Å². The topological polar surface area (TPSA) is 84.2 Å². The van der Waals surface area contributed by atoms with Gasteiger partial charge in [0.15, 0.2) is 0 Å². The fourth-order valence-corrected chi connectivity index (χ4v) is 2.37. The van der Waals surface area contributed by atoms with Gasteiger partial charge < -0.3 is 10.2 Å². The molecule has 1 N–H and O–H groups in total. The zero-order valence-electron chi connectivity index (χ0n) is 11.4. The summed E-state index contributed by atoms with van der Waals surface area (Å²) in [5.41, 5.74) is 0.626. The molecular formula is C14H15N5O2. The Bertz CT molecular complexity index is 638. The van der Waals surface area contributed by atoms with E-state index in [0.717, 1.165) is 18.9 Å². The van der Waals surface area contributed by atoms with E-state index in [0.29, 0.717) is 5.69 Å². The lowest BCUT2D eigenvalue weighted by Gasteiger charge is -2.16. The van der Waals surface area contributed by atoms with Crippen molar-refractivity contribution >= 4 is 23.0 Å². The molecule has 1 fully saturated rings. The van der Waals surface area contributed by atoms with Crippen LogP contribution in [-0.4, -0.2) is 28.0 Å². The second kappa shape index (κ2) is 5.74. The predicted octanol–water partition coefficient (Wildman–Crippen LogP) is 2.73. The van der Waals surface area contributed by atoms with Gasteiger partial charge in [0.1, 0.15) is 5.82 Å². The van der Waals surface area contributed by atoms with Crippen LogP contribution >= 0.6 is 0 Å². The summed E-state index contributed by atoms with van der Waals surface area (Å²) in [5, 5.41) is 13.9. The highest BCUT2D eigenvalue weighted by molar-refractivity contribution is 5.65. The van der Waals surface area contributed by atoms with Crippen molar-refractivity contribution in [3.05, 3.63) is 46.8 Å². The first kappa shape index (κ1) is 13.3. The standard InChI is InChI=1S/C14H15N5O2/c20-19(21)12-4-3-7-15-14(12)17-11-5-6-13(16-10-11)18-8-1-2-9-18/h3-7,10H,1-2,8-9H2,(H,15,17). The number of pyridine rings is 2. The number of hydrogen-bond acceptors (Lipinski definition) is 6. The van der Waals surface area contributed by atoms with Gasteiger partial charge in [0.05, 0.1) is 16.8 Å². The molecule has 108 valence electrons. The Morgan fingerprint density at radius 3 is 2.67 bits per heavy atom. The zero-order chi connectivity index (χ0) is 14.7. The minimum absolute atomic E-state index is 0.0545. The molecule has 7 nitrogen and oxygen atoms in total. The van der Waals surface area contributed by atoms with Crippen LogP contribution in [0.3, 0.4) is 0 Å². The number of hydrogen-bond donors (Lipinski definition) is 1. The summed E-state index contributed by atoms with van der Waals surface area (Å²) < 4.78 is 0. The number of anilines is 3. The Morgan fingerprint density at radius 1 is 1.19 bits per heavy atom. The molecule has 21 heavy (non-hydrogen) atoms. The first-order valence-corrected chi connectivity index (χ1v) is 6.81. The van der Waals surface area contributed by atoms with E-state index in [-0.39, 0.29) is 11.5 Å². The van der Waals surface area contributed by atoms with Crippen molar-refractivity contribution in [3.63, 3.8) is 0 Å². The molecule has 1 aliphatic heterocycles. The monoisotopic (exact) mass is 285 g/mol. The molecule has 1 saturated heterocycles. The van der Waals surface area contributed by atoms with Crippen LogP contribution in [0.25, 0.3) is 0 Å². The van der Waals surface area contributed by atoms with Crippen LogP contribution in [0.15, 0.2) is 36.7 Å². The predicted molar refractivity (Wildman–Crippen MR) is 79.9 cm³/mol. The van der Waals surface area contributed by atoms with E-state index in [4.69, 9.17) is 0 Å². The van der Waals surface area contributed by atoms with Crippen molar-refractivity contribution in [3.8, 4) is 0 Å². The van der Waals surface area contributed by atoms with Gasteiger partial charge in [0.2, 0.25) is 5.82 Å². The molecule has 3 rings (SSSR count). The highest BCUT2D eigenvalue weighted by atomic mass is 16.6. The van der Waals surface area contributed by atoms with Crippen LogP contribution in [0.5, 0.6) is 0 Å². The third-order valence-corrected chi connectivity index (χ3v) is 3.42. The van der Waals surface area contributed by atoms with Gasteiger partial charge in [-0.3, -0.25) is 10.1 Å². The van der Waals surface area contributed by atoms with Gasteiger partial charge in [-0.2, -0.15) is 0 Å². The summed E-state index contributed by atoms with van der Waals surface area (Å²) in [6, 6.07) is 6.74. The van der Waals surface area contributed by atoms with Crippen LogP contribution in [0.1, 0.15) is 12.8 Å². The molecule has 0 atom stereocenters. The average molecular weight is 285 g/mol. The van der Waals surface area contributed by atoms with Crippen molar-refractivity contribution in [2.45, 2.75) is 12.8 Å². The van der Waals surface area contributed by atoms with Crippen LogP contribution < -0.4 is 10.2 Å². The first-order valence-electron chi connectivity index (χ1n) is 6.81. The molecule has 0 amide bonds. The highest BCUT2D eigenvalue weighted by Gasteiger charge is 2.15. The Morgan fingerprint density at radius 2 is 2.00 bits per heavy atom. The molecule has 0 unspecified atom stereocenters. The largest absolute Gasteiger partial charge is 0.357 e. The molecule has 0 aromatic carbocycles. The van der Waals surface area contributed by atoms with Gasteiger partial charge in [-0.25, -0.2) is 9.97 Å². The number of nitrogens with zero attached hydrogens (tertiary/aromatic N) is 4. The molecular weight excluding hydrogens is 270 g/mol. The highest BCUT2D eigenvalue weighted by Crippen LogP contribution is 2.25. The number of aromatic nitrogens is 2. The molecule has 3 heterocycles. The van der Waals surface area contributed by atoms with Gasteiger partial charge in [0, 0.05) is 25.4 Å². The summed E-state index contributed by atoms with van der Waals surface area (Å²) in [6.07, 6.45) is 5.58. The van der Waals surface area contributed by atoms with Crippen LogP contribution in [-0.2, 0) is 0 Å². The van der Waals surface area contributed by atoms with Crippen molar-refractivity contribution in [2.75, 3.05) is 23.3 Å². The number of rotatable bonds is 4. The van der Waals surface area contributed by atoms with Gasteiger partial charge >= 0.3 is 5.69 Å². The summed E-state index contributed by atoms with van der Waals surface area (Å²) in [6.45, 7) is 2.07. The fourth-order valence-electron chi connectivity index (χ4n) is 2.37. The van der Waals surface area contributed by atoms with E-state index in [1.54, 1.807) is 6.20 Å². The molecule has 2 aromatic heterocycles. The first-order chi connectivity index (χ1) is 10.2. The van der Waals surface area contributed by atoms with E-state index in [1.807, 2.05) is 12.1 Å². The van der Waals surface area contributed by atoms with Crippen molar-refractivity contribution in [2.24, 2.45) is 0 Å². The molecule has 2 aromatic rings. The van der Waals surface area contributed by atoms with Gasteiger partial charge in [-0.1, -0.05) is 0 Å². The summed E-state index contributed by atoms with van der Waals surface area (Å²) in [7, 11) is 0. The lowest BCUT2D eigenvalue weighted by atomic mass is 10.3. The lowest BCUT2D eigenvalue weighted by molar-refractivity contribution is -0.384. The Kier molecular flexibility index (Phi) is 3.63. The molecule has 1 aliphatic rings. The summed E-state index contributed by atoms with van der Waals surface area (Å²) in [5.74, 6) is 1.16. The quantitative estimate of drug-likeness (QED) is 0.687. The van der Waals surface area contributed by atoms with E-state index < -0.39 is 4.92 Å². The maximum atomic E-state index is 10.9. The van der Waals surface area contributed by atoms with Crippen molar-refractivity contribution in [1.82, 2.24) is 9.97 Å². The lowest BCUT2D eigenvalue weighted by Crippen LogP contribution is -2.18. The molecule has 0 saturated carbocycles. The molecule has 0 bridgehead atoms. The maximum Gasteiger partial charge on any atom is 0.311 e. The SMILES string of the molecule is O=[N+]([O-])c1cccnc1Nc1ccc(N2CCCC2)nc1. The van der Waals surface area contributed by atoms with E-state index in [9.17, 15) is 10.1 Å². The normalized spacial score (nSPS) is 14.2. The minimum Gasteiger partial charge on any atom is -0.357 e. The van der Waals surface area contributed by atoms with Crippen molar-refractivity contribution in [1.29, 1.82) is 0 Å². The molecule has 0 aliphatic carbocycles. The number of nitrogens with one attached hydrogen (secondary N) is 1. The third kappa shape index (κ3) is 2.91. The second-order valence-electron chi connectivity index (χ2n) is 4.85. The number of nitro groups is 1. The van der Waals surface area contributed by atoms with Gasteiger partial charge in [-0.15, -0.1) is 0 Å². The van der Waals surface area contributed by atoms with Crippen molar-refractivity contribution < 1.29 is 4.92 Å². The molecule has 7 heteroatoms. The summed E-state index contributed by atoms with van der Waals surface area (Å²) >= 11 is 0. The van der Waals surface area contributed by atoms with E-state index >= 15 is 0 Å². The van der Waals surface area contributed by atoms with Crippen LogP contribution in [0.4, 0.5) is 23.0 Å². The second-order valence-corrected chi connectivity index (χ2v) is 4.85. The maximum absolute atomic E-state index is 10.9. The zero-order valence-corrected chi connectivity index (χ0v) is 11.4. The molecule has 0 radical (unpaired) electrons. The van der Waals surface area contributed by atoms with Crippen LogP contribution in [0, 0.1) is 10.1 Å². The third-order valence-electron chi connectivity index (χ3n) is 3.42.